The number of nitrogens with zero attached hydrogens (tertiary/aromatic N) is 4. The van der Waals surface area contributed by atoms with Crippen LogP contribution in [0.15, 0.2) is 47.4 Å². The molecule has 2 N–H and O–H groups in total. The Morgan fingerprint density at radius 1 is 1.16 bits per heavy atom. The van der Waals surface area contributed by atoms with Crippen molar-refractivity contribution >= 4 is 34.8 Å². The number of hydrogen-bond acceptors (Lipinski definition) is 6. The van der Waals surface area contributed by atoms with Crippen molar-refractivity contribution in [2.75, 3.05) is 44.2 Å². The number of carbonyl (C=O) groups is 1. The number of hydrogen-bond donors (Lipinski definition) is 2. The minimum absolute atomic E-state index is 0.130. The van der Waals surface area contributed by atoms with Crippen molar-refractivity contribution in [2.45, 2.75) is 13.0 Å². The van der Waals surface area contributed by atoms with Gasteiger partial charge in [0.05, 0.1) is 5.39 Å². The van der Waals surface area contributed by atoms with E-state index >= 15 is 0 Å². The molecule has 0 spiro atoms. The highest BCUT2D eigenvalue weighted by atomic mass is 32.1. The third kappa shape index (κ3) is 5.20. The molecule has 3 heterocycles. The van der Waals surface area contributed by atoms with E-state index in [0.717, 1.165) is 44.8 Å². The summed E-state index contributed by atoms with van der Waals surface area (Å²) in [7, 11) is 0. The topological polar surface area (TPSA) is 86.3 Å². The minimum atomic E-state index is -0.328. The molecule has 0 aliphatic carbocycles. The first-order valence-corrected chi connectivity index (χ1v) is 11.0. The number of piperazine rings is 1. The molecule has 0 radical (unpaired) electrons. The van der Waals surface area contributed by atoms with Crippen molar-refractivity contribution in [2.24, 2.45) is 0 Å². The second-order valence-electron chi connectivity index (χ2n) is 7.73. The average Bonchev–Trinajstić information content (AvgIpc) is 2.80. The summed E-state index contributed by atoms with van der Waals surface area (Å²) in [6.07, 6.45) is 2.39. The van der Waals surface area contributed by atoms with E-state index in [9.17, 15) is 14.0 Å². The molecule has 1 fully saturated rings. The number of benzene rings is 1. The maximum Gasteiger partial charge on any atom is 0.264 e. The van der Waals surface area contributed by atoms with Gasteiger partial charge in [0, 0.05) is 44.6 Å². The molecule has 3 aromatic rings. The van der Waals surface area contributed by atoms with Crippen LogP contribution in [0.5, 0.6) is 0 Å². The van der Waals surface area contributed by atoms with Gasteiger partial charge in [0.25, 0.3) is 5.56 Å². The number of fused-ring (bicyclic) bond motifs is 1. The van der Waals surface area contributed by atoms with Crippen LogP contribution >= 0.6 is 12.2 Å². The van der Waals surface area contributed by atoms with Gasteiger partial charge < -0.3 is 15.2 Å². The molecule has 2 aromatic heterocycles. The van der Waals surface area contributed by atoms with Gasteiger partial charge in [0.15, 0.2) is 4.77 Å². The molecule has 32 heavy (non-hydrogen) atoms. The van der Waals surface area contributed by atoms with Crippen molar-refractivity contribution in [1.82, 2.24) is 24.8 Å². The molecule has 1 aliphatic heterocycles. The van der Waals surface area contributed by atoms with E-state index in [0.29, 0.717) is 17.6 Å². The predicted molar refractivity (Wildman–Crippen MR) is 124 cm³/mol. The van der Waals surface area contributed by atoms with Gasteiger partial charge in [-0.15, -0.1) is 0 Å². The highest BCUT2D eigenvalue weighted by Gasteiger charge is 2.17. The van der Waals surface area contributed by atoms with E-state index in [4.69, 9.17) is 12.2 Å². The Hall–Kier alpha value is -3.11. The summed E-state index contributed by atoms with van der Waals surface area (Å²) in [5.74, 6) is -0.477. The van der Waals surface area contributed by atoms with Gasteiger partial charge in [-0.2, -0.15) is 0 Å². The van der Waals surface area contributed by atoms with Crippen molar-refractivity contribution in [1.29, 1.82) is 0 Å². The number of aromatic nitrogens is 3. The molecule has 4 rings (SSSR count). The summed E-state index contributed by atoms with van der Waals surface area (Å²) in [5, 5.41) is 3.26. The van der Waals surface area contributed by atoms with Crippen LogP contribution in [0.1, 0.15) is 6.42 Å². The summed E-state index contributed by atoms with van der Waals surface area (Å²) in [5.41, 5.74) is 1.13. The SMILES string of the molecule is O=C(Cn1c(=S)[nH]c2ncccc2c1=O)NCCCN1CCN(c2ccc(F)cc2)CC1. The predicted octanol–water partition coefficient (Wildman–Crippen LogP) is 1.92. The van der Waals surface area contributed by atoms with Gasteiger partial charge in [-0.3, -0.25) is 19.1 Å². The highest BCUT2D eigenvalue weighted by Crippen LogP contribution is 2.16. The Labute approximate surface area is 189 Å². The van der Waals surface area contributed by atoms with Crippen LogP contribution in [-0.2, 0) is 11.3 Å². The lowest BCUT2D eigenvalue weighted by molar-refractivity contribution is -0.121. The second-order valence-corrected chi connectivity index (χ2v) is 8.12. The summed E-state index contributed by atoms with van der Waals surface area (Å²) in [6.45, 7) is 4.87. The Bertz CT molecular complexity index is 1200. The zero-order valence-corrected chi connectivity index (χ0v) is 18.4. The number of amides is 1. The number of carbonyl (C=O) groups excluding carboxylic acids is 1. The first-order valence-electron chi connectivity index (χ1n) is 10.6. The molecule has 0 bridgehead atoms. The maximum absolute atomic E-state index is 13.1. The Morgan fingerprint density at radius 3 is 2.66 bits per heavy atom. The van der Waals surface area contributed by atoms with Crippen molar-refractivity contribution in [3.63, 3.8) is 0 Å². The molecule has 0 unspecified atom stereocenters. The molecule has 10 heteroatoms. The number of halogens is 1. The molecule has 168 valence electrons. The molecule has 1 aliphatic rings. The van der Waals surface area contributed by atoms with Gasteiger partial charge in [0.1, 0.15) is 18.0 Å². The third-order valence-corrected chi connectivity index (χ3v) is 5.92. The lowest BCUT2D eigenvalue weighted by Gasteiger charge is -2.36. The second kappa shape index (κ2) is 10.0. The summed E-state index contributed by atoms with van der Waals surface area (Å²) >= 11 is 5.22. The largest absolute Gasteiger partial charge is 0.369 e. The quantitative estimate of drug-likeness (QED) is 0.417. The van der Waals surface area contributed by atoms with E-state index in [1.54, 1.807) is 18.3 Å². The van der Waals surface area contributed by atoms with Crippen LogP contribution in [0.2, 0.25) is 0 Å². The molecule has 0 saturated carbocycles. The lowest BCUT2D eigenvalue weighted by atomic mass is 10.2. The number of pyridine rings is 1. The molecule has 8 nitrogen and oxygen atoms in total. The van der Waals surface area contributed by atoms with E-state index in [2.05, 4.69) is 25.1 Å². The van der Waals surface area contributed by atoms with Crippen LogP contribution in [0.25, 0.3) is 11.0 Å². The van der Waals surface area contributed by atoms with E-state index in [1.807, 2.05) is 12.1 Å². The highest BCUT2D eigenvalue weighted by molar-refractivity contribution is 7.71. The first kappa shape index (κ1) is 22.1. The number of aromatic amines is 1. The fourth-order valence-electron chi connectivity index (χ4n) is 3.84. The Morgan fingerprint density at radius 2 is 1.91 bits per heavy atom. The maximum atomic E-state index is 13.1. The molecule has 1 saturated heterocycles. The van der Waals surface area contributed by atoms with Crippen molar-refractivity contribution in [3.05, 3.63) is 63.5 Å². The van der Waals surface area contributed by atoms with Gasteiger partial charge >= 0.3 is 0 Å². The first-order chi connectivity index (χ1) is 15.5. The van der Waals surface area contributed by atoms with E-state index < -0.39 is 0 Å². The molecular weight excluding hydrogens is 431 g/mol. The zero-order chi connectivity index (χ0) is 22.5. The third-order valence-electron chi connectivity index (χ3n) is 5.59. The fourth-order valence-corrected chi connectivity index (χ4v) is 4.08. The average molecular weight is 457 g/mol. The lowest BCUT2D eigenvalue weighted by Crippen LogP contribution is -2.47. The molecule has 1 amide bonds. The Balaban J connectivity index is 1.21. The minimum Gasteiger partial charge on any atom is -0.369 e. The van der Waals surface area contributed by atoms with Gasteiger partial charge in [-0.25, -0.2) is 9.37 Å². The summed E-state index contributed by atoms with van der Waals surface area (Å²) in [4.78, 5) is 36.5. The monoisotopic (exact) mass is 456 g/mol. The van der Waals surface area contributed by atoms with Crippen LogP contribution in [0.3, 0.4) is 0 Å². The van der Waals surface area contributed by atoms with Gasteiger partial charge in [-0.05, 0) is 61.6 Å². The van der Waals surface area contributed by atoms with Crippen molar-refractivity contribution < 1.29 is 9.18 Å². The molecular formula is C22H25FN6O2S. The van der Waals surface area contributed by atoms with Crippen LogP contribution in [0, 0.1) is 10.6 Å². The standard InChI is InChI=1S/C22H25FN6O2S/c23-16-4-6-17(7-5-16)28-13-11-27(12-14-28)10-2-9-24-19(30)15-29-21(31)18-3-1-8-25-20(18)26-22(29)32/h1,3-8H,2,9-15H2,(H,24,30)(H,25,26,32). The van der Waals surface area contributed by atoms with Crippen LogP contribution in [0.4, 0.5) is 10.1 Å². The Kier molecular flexibility index (Phi) is 6.91. The smallest absolute Gasteiger partial charge is 0.264 e. The van der Waals surface area contributed by atoms with E-state index in [1.165, 1.54) is 16.7 Å². The van der Waals surface area contributed by atoms with E-state index in [-0.39, 0.29) is 28.6 Å². The van der Waals surface area contributed by atoms with Crippen LogP contribution < -0.4 is 15.8 Å². The number of H-pyrrole nitrogens is 1. The van der Waals surface area contributed by atoms with Gasteiger partial charge in [0.2, 0.25) is 5.91 Å². The normalized spacial score (nSPS) is 14.6. The van der Waals surface area contributed by atoms with Gasteiger partial charge in [-0.1, -0.05) is 0 Å². The van der Waals surface area contributed by atoms with Crippen LogP contribution in [-0.4, -0.2) is 64.6 Å². The summed E-state index contributed by atoms with van der Waals surface area (Å²) in [6, 6.07) is 9.92. The number of anilines is 1. The molecule has 0 atom stereocenters. The number of nitrogens with one attached hydrogen (secondary N) is 2. The zero-order valence-electron chi connectivity index (χ0n) is 17.6. The van der Waals surface area contributed by atoms with Crippen molar-refractivity contribution in [3.8, 4) is 0 Å². The summed E-state index contributed by atoms with van der Waals surface area (Å²) < 4.78 is 14.5. The molecule has 1 aromatic carbocycles. The number of rotatable bonds is 7. The fraction of sp³-hybridized carbons (Fsp3) is 0.364.